The van der Waals surface area contributed by atoms with Crippen LogP contribution in [-0.2, 0) is 11.3 Å². The Morgan fingerprint density at radius 3 is 2.75 bits per heavy atom. The number of halogens is 1. The average molecular weight is 345 g/mol. The molecule has 2 rings (SSSR count). The van der Waals surface area contributed by atoms with Gasteiger partial charge in [0.05, 0.1) is 5.02 Å². The zero-order valence-electron chi connectivity index (χ0n) is 13.8. The maximum Gasteiger partial charge on any atom is 0.243 e. The van der Waals surface area contributed by atoms with E-state index in [1.54, 1.807) is 12.1 Å². The van der Waals surface area contributed by atoms with E-state index in [-0.39, 0.29) is 5.91 Å². The number of amides is 1. The molecule has 0 aliphatic rings. The predicted molar refractivity (Wildman–Crippen MR) is 97.5 cm³/mol. The van der Waals surface area contributed by atoms with Crippen molar-refractivity contribution in [1.29, 1.82) is 0 Å². The Morgan fingerprint density at radius 2 is 2.00 bits per heavy atom. The quantitative estimate of drug-likeness (QED) is 0.775. The van der Waals surface area contributed by atoms with Crippen LogP contribution in [0.25, 0.3) is 0 Å². The molecule has 0 heterocycles. The Morgan fingerprint density at radius 1 is 1.21 bits per heavy atom. The summed E-state index contributed by atoms with van der Waals surface area (Å²) < 4.78 is 5.78. The van der Waals surface area contributed by atoms with Crippen LogP contribution in [0.1, 0.15) is 5.56 Å². The number of para-hydroxylation sites is 1. The number of likely N-dealkylation sites (N-methyl/N-ethyl adjacent to an activating group) is 1. The Balaban J connectivity index is 1.92. The van der Waals surface area contributed by atoms with Gasteiger partial charge in [0, 0.05) is 19.2 Å². The van der Waals surface area contributed by atoms with E-state index >= 15 is 0 Å². The number of nitrogens with zero attached hydrogens (tertiary/aromatic N) is 1. The summed E-state index contributed by atoms with van der Waals surface area (Å²) in [7, 11) is 3.90. The van der Waals surface area contributed by atoms with E-state index in [0.29, 0.717) is 23.1 Å². The molecule has 0 saturated carbocycles. The summed E-state index contributed by atoms with van der Waals surface area (Å²) in [5.41, 5.74) is 0.953. The lowest BCUT2D eigenvalue weighted by Crippen LogP contribution is -2.21. The first-order chi connectivity index (χ1) is 11.5. The van der Waals surface area contributed by atoms with Gasteiger partial charge in [-0.1, -0.05) is 41.9 Å². The second-order valence-electron chi connectivity index (χ2n) is 5.56. The van der Waals surface area contributed by atoms with Crippen LogP contribution < -0.4 is 10.1 Å². The molecule has 5 heteroatoms. The summed E-state index contributed by atoms with van der Waals surface area (Å²) in [6, 6.07) is 14.9. The van der Waals surface area contributed by atoms with Gasteiger partial charge in [-0.15, -0.1) is 0 Å². The first-order valence-electron chi connectivity index (χ1n) is 7.65. The van der Waals surface area contributed by atoms with Crippen LogP contribution in [0.5, 0.6) is 11.5 Å². The van der Waals surface area contributed by atoms with Gasteiger partial charge in [0.2, 0.25) is 5.91 Å². The summed E-state index contributed by atoms with van der Waals surface area (Å²) in [6.07, 6.45) is 3.37. The third-order valence-electron chi connectivity index (χ3n) is 3.17. The highest BCUT2D eigenvalue weighted by Gasteiger charge is 2.03. The summed E-state index contributed by atoms with van der Waals surface area (Å²) in [5, 5.41) is 3.41. The predicted octanol–water partition coefficient (Wildman–Crippen LogP) is 3.87. The van der Waals surface area contributed by atoms with Gasteiger partial charge in [0.25, 0.3) is 0 Å². The van der Waals surface area contributed by atoms with Gasteiger partial charge >= 0.3 is 0 Å². The van der Waals surface area contributed by atoms with Crippen LogP contribution in [0.3, 0.4) is 0 Å². The normalized spacial score (nSPS) is 11.0. The molecule has 0 bridgehead atoms. The zero-order chi connectivity index (χ0) is 17.4. The number of carbonyl (C=O) groups is 1. The Kier molecular flexibility index (Phi) is 6.85. The highest BCUT2D eigenvalue weighted by molar-refractivity contribution is 6.32. The van der Waals surface area contributed by atoms with Crippen LogP contribution >= 0.6 is 11.6 Å². The highest BCUT2D eigenvalue weighted by atomic mass is 35.5. The topological polar surface area (TPSA) is 41.6 Å². The first kappa shape index (κ1) is 18.0. The second kappa shape index (κ2) is 9.11. The van der Waals surface area contributed by atoms with Crippen molar-refractivity contribution < 1.29 is 9.53 Å². The van der Waals surface area contributed by atoms with Crippen molar-refractivity contribution >= 4 is 17.5 Å². The van der Waals surface area contributed by atoms with Gasteiger partial charge in [-0.3, -0.25) is 4.79 Å². The van der Waals surface area contributed by atoms with Crippen molar-refractivity contribution in [3.63, 3.8) is 0 Å². The lowest BCUT2D eigenvalue weighted by molar-refractivity contribution is -0.116. The smallest absolute Gasteiger partial charge is 0.243 e. The van der Waals surface area contributed by atoms with E-state index in [9.17, 15) is 4.79 Å². The number of hydrogen-bond acceptors (Lipinski definition) is 3. The molecule has 2 aromatic carbocycles. The number of benzene rings is 2. The van der Waals surface area contributed by atoms with E-state index in [2.05, 4.69) is 5.32 Å². The highest BCUT2D eigenvalue weighted by Crippen LogP contribution is 2.29. The van der Waals surface area contributed by atoms with E-state index in [1.165, 1.54) is 0 Å². The van der Waals surface area contributed by atoms with Crippen molar-refractivity contribution in [2.24, 2.45) is 0 Å². The Labute approximate surface area is 147 Å². The molecule has 0 unspecified atom stereocenters. The average Bonchev–Trinajstić information content (AvgIpc) is 2.55. The van der Waals surface area contributed by atoms with Gasteiger partial charge in [-0.05, 0) is 43.9 Å². The summed E-state index contributed by atoms with van der Waals surface area (Å²) >= 11 is 6.09. The van der Waals surface area contributed by atoms with Gasteiger partial charge in [0.1, 0.15) is 11.5 Å². The van der Waals surface area contributed by atoms with Gasteiger partial charge in [-0.25, -0.2) is 0 Å². The number of nitrogens with one attached hydrogen (secondary N) is 1. The number of ether oxygens (including phenoxy) is 1. The van der Waals surface area contributed by atoms with Crippen LogP contribution in [0.2, 0.25) is 5.02 Å². The van der Waals surface area contributed by atoms with Crippen molar-refractivity contribution in [3.8, 4) is 11.5 Å². The SMILES string of the molecule is CN(C)C/C=C/C(=O)NCc1cccc(Oc2ccccc2Cl)c1. The Bertz CT molecular complexity index is 714. The molecule has 2 aromatic rings. The third-order valence-corrected chi connectivity index (χ3v) is 3.48. The molecule has 0 atom stereocenters. The van der Waals surface area contributed by atoms with E-state index < -0.39 is 0 Å². The largest absolute Gasteiger partial charge is 0.456 e. The molecular formula is C19H21ClN2O2. The minimum atomic E-state index is -0.116. The molecule has 0 radical (unpaired) electrons. The van der Waals surface area contributed by atoms with Gasteiger partial charge < -0.3 is 15.0 Å². The van der Waals surface area contributed by atoms with Gasteiger partial charge in [0.15, 0.2) is 0 Å². The van der Waals surface area contributed by atoms with E-state index in [1.807, 2.05) is 67.5 Å². The fourth-order valence-corrected chi connectivity index (χ4v) is 2.17. The molecule has 0 aliphatic heterocycles. The fraction of sp³-hybridized carbons (Fsp3) is 0.211. The standard InChI is InChI=1S/C19H21ClN2O2/c1-22(2)12-6-11-19(23)21-14-15-7-5-8-16(13-15)24-18-10-4-3-9-17(18)20/h3-11,13H,12,14H2,1-2H3,(H,21,23)/b11-6+. The molecule has 0 aromatic heterocycles. The van der Waals surface area contributed by atoms with Crippen molar-refractivity contribution in [2.45, 2.75) is 6.54 Å². The van der Waals surface area contributed by atoms with Gasteiger partial charge in [-0.2, -0.15) is 0 Å². The molecule has 0 fully saturated rings. The molecule has 0 aliphatic carbocycles. The molecule has 1 amide bonds. The fourth-order valence-electron chi connectivity index (χ4n) is 1.99. The Hall–Kier alpha value is -2.30. The number of hydrogen-bond donors (Lipinski definition) is 1. The van der Waals surface area contributed by atoms with Crippen molar-refractivity contribution in [2.75, 3.05) is 20.6 Å². The van der Waals surface area contributed by atoms with Crippen LogP contribution in [0.15, 0.2) is 60.7 Å². The zero-order valence-corrected chi connectivity index (χ0v) is 14.6. The van der Waals surface area contributed by atoms with Crippen LogP contribution in [-0.4, -0.2) is 31.4 Å². The number of rotatable bonds is 7. The van der Waals surface area contributed by atoms with Crippen molar-refractivity contribution in [3.05, 3.63) is 71.3 Å². The molecule has 126 valence electrons. The molecule has 4 nitrogen and oxygen atoms in total. The molecule has 0 spiro atoms. The molecule has 1 N–H and O–H groups in total. The van der Waals surface area contributed by atoms with Crippen LogP contribution in [0.4, 0.5) is 0 Å². The minimum absolute atomic E-state index is 0.116. The van der Waals surface area contributed by atoms with E-state index in [0.717, 1.165) is 12.1 Å². The molecule has 24 heavy (non-hydrogen) atoms. The molecular weight excluding hydrogens is 324 g/mol. The van der Waals surface area contributed by atoms with Crippen LogP contribution in [0, 0.1) is 0 Å². The summed E-state index contributed by atoms with van der Waals surface area (Å²) in [6.45, 7) is 1.17. The minimum Gasteiger partial charge on any atom is -0.456 e. The summed E-state index contributed by atoms with van der Waals surface area (Å²) in [4.78, 5) is 13.7. The summed E-state index contributed by atoms with van der Waals surface area (Å²) in [5.74, 6) is 1.17. The third kappa shape index (κ3) is 6.07. The number of carbonyl (C=O) groups excluding carboxylic acids is 1. The maximum atomic E-state index is 11.8. The monoisotopic (exact) mass is 344 g/mol. The first-order valence-corrected chi connectivity index (χ1v) is 8.03. The van der Waals surface area contributed by atoms with Crippen molar-refractivity contribution in [1.82, 2.24) is 10.2 Å². The molecule has 0 saturated heterocycles. The lowest BCUT2D eigenvalue weighted by atomic mass is 10.2. The second-order valence-corrected chi connectivity index (χ2v) is 5.97. The van der Waals surface area contributed by atoms with E-state index in [4.69, 9.17) is 16.3 Å². The lowest BCUT2D eigenvalue weighted by Gasteiger charge is -2.09. The maximum absolute atomic E-state index is 11.8.